The highest BCUT2D eigenvalue weighted by Crippen LogP contribution is 2.81. The number of carboxylic acid groups (broad SMARTS) is 1. The van der Waals surface area contributed by atoms with Crippen LogP contribution in [0.5, 0.6) is 0 Å². The van der Waals surface area contributed by atoms with Gasteiger partial charge < -0.3 is 5.11 Å². The van der Waals surface area contributed by atoms with Crippen LogP contribution in [-0.4, -0.2) is 34.2 Å². The number of fused-ring (bicyclic) bond motifs is 3. The first-order valence-corrected chi connectivity index (χ1v) is 11.7. The number of piperidine rings is 1. The van der Waals surface area contributed by atoms with Gasteiger partial charge in [-0.3, -0.25) is 19.7 Å². The number of rotatable bonds is 4. The summed E-state index contributed by atoms with van der Waals surface area (Å²) < 4.78 is 0. The summed E-state index contributed by atoms with van der Waals surface area (Å²) in [5.74, 6) is -2.62. The second-order valence-corrected chi connectivity index (χ2v) is 10.0. The Morgan fingerprint density at radius 2 is 1.26 bits per heavy atom. The molecule has 34 heavy (non-hydrogen) atoms. The van der Waals surface area contributed by atoms with E-state index in [9.17, 15) is 19.5 Å². The van der Waals surface area contributed by atoms with Crippen molar-refractivity contribution < 1.29 is 19.5 Å². The molecule has 1 heterocycles. The third kappa shape index (κ3) is 2.04. The van der Waals surface area contributed by atoms with E-state index in [0.717, 1.165) is 5.56 Å². The zero-order valence-electron chi connectivity index (χ0n) is 19.0. The number of benzene rings is 3. The van der Waals surface area contributed by atoms with Crippen LogP contribution in [0.15, 0.2) is 84.9 Å². The van der Waals surface area contributed by atoms with E-state index < -0.39 is 34.3 Å². The summed E-state index contributed by atoms with van der Waals surface area (Å²) in [6.45, 7) is 4.04. The summed E-state index contributed by atoms with van der Waals surface area (Å²) in [4.78, 5) is 41.6. The summed E-state index contributed by atoms with van der Waals surface area (Å²) in [5.41, 5.74) is -1.66. The minimum absolute atomic E-state index is 0.0312. The average Bonchev–Trinajstić information content (AvgIpc) is 3.34. The van der Waals surface area contributed by atoms with Gasteiger partial charge in [0.1, 0.15) is 0 Å². The maximum atomic E-state index is 14.3. The molecule has 3 aromatic carbocycles. The summed E-state index contributed by atoms with van der Waals surface area (Å²) in [6.07, 6.45) is 0. The maximum Gasteiger partial charge on any atom is 0.308 e. The Morgan fingerprint density at radius 1 is 0.794 bits per heavy atom. The fraction of sp³-hybridized carbons (Fsp3) is 0.276. The van der Waals surface area contributed by atoms with Crippen LogP contribution < -0.4 is 5.32 Å². The highest BCUT2D eigenvalue weighted by Gasteiger charge is 2.96. The van der Waals surface area contributed by atoms with E-state index in [1.165, 1.54) is 0 Å². The Morgan fingerprint density at radius 3 is 1.74 bits per heavy atom. The number of nitrogens with one attached hydrogen (secondary N) is 1. The van der Waals surface area contributed by atoms with Gasteiger partial charge in [-0.15, -0.1) is 0 Å². The highest BCUT2D eigenvalue weighted by molar-refractivity contribution is 6.35. The van der Waals surface area contributed by atoms with Gasteiger partial charge in [0, 0.05) is 22.6 Å². The molecule has 1 spiro atoms. The van der Waals surface area contributed by atoms with Crippen molar-refractivity contribution in [2.24, 2.45) is 11.8 Å². The highest BCUT2D eigenvalue weighted by atomic mass is 16.4. The van der Waals surface area contributed by atoms with Gasteiger partial charge in [-0.25, -0.2) is 0 Å². The fourth-order valence-corrected chi connectivity index (χ4v) is 7.47. The van der Waals surface area contributed by atoms with Crippen LogP contribution >= 0.6 is 0 Å². The third-order valence-electron chi connectivity index (χ3n) is 8.40. The van der Waals surface area contributed by atoms with Crippen molar-refractivity contribution in [1.82, 2.24) is 5.32 Å². The number of Topliss-reactive ketones (excluding diaryl/α,β-unsaturated/α-hetero) is 2. The zero-order valence-corrected chi connectivity index (χ0v) is 19.0. The Hall–Kier alpha value is -3.57. The van der Waals surface area contributed by atoms with E-state index in [1.807, 2.05) is 74.5 Å². The molecule has 2 N–H and O–H groups in total. The minimum Gasteiger partial charge on any atom is -0.481 e. The van der Waals surface area contributed by atoms with E-state index in [4.69, 9.17) is 0 Å². The van der Waals surface area contributed by atoms with E-state index in [-0.39, 0.29) is 17.5 Å². The van der Waals surface area contributed by atoms with E-state index in [1.54, 1.807) is 24.3 Å². The molecule has 1 saturated carbocycles. The Balaban J connectivity index is 1.77. The fourth-order valence-electron chi connectivity index (χ4n) is 7.47. The maximum absolute atomic E-state index is 14.3. The second kappa shape index (κ2) is 6.73. The monoisotopic (exact) mass is 451 g/mol. The molecular formula is C29H25NO4. The van der Waals surface area contributed by atoms with Crippen LogP contribution in [0.2, 0.25) is 0 Å². The molecule has 6 rings (SSSR count). The van der Waals surface area contributed by atoms with Crippen molar-refractivity contribution in [1.29, 1.82) is 0 Å². The van der Waals surface area contributed by atoms with Crippen LogP contribution in [0.3, 0.4) is 0 Å². The lowest BCUT2D eigenvalue weighted by atomic mass is 9.68. The van der Waals surface area contributed by atoms with Crippen LogP contribution in [0.1, 0.15) is 45.7 Å². The van der Waals surface area contributed by atoms with Crippen LogP contribution in [-0.2, 0) is 15.6 Å². The molecular weight excluding hydrogens is 426 g/mol. The number of carbonyl (C=O) groups excluding carboxylic acids is 2. The largest absolute Gasteiger partial charge is 0.481 e. The molecule has 4 atom stereocenters. The van der Waals surface area contributed by atoms with Gasteiger partial charge in [0.25, 0.3) is 0 Å². The molecule has 0 bridgehead atoms. The van der Waals surface area contributed by atoms with E-state index >= 15 is 0 Å². The predicted octanol–water partition coefficient (Wildman–Crippen LogP) is 4.02. The SMILES string of the molecule is CC(C)[C@H]1NC2(C(=O)c3ccccc3C2=O)[C@@]2(c3ccccc3)[C@H](C(=O)O)[C@@]12c1ccccc1. The minimum atomic E-state index is -1.69. The molecule has 3 aliphatic rings. The first kappa shape index (κ1) is 21.0. The molecule has 2 aliphatic carbocycles. The van der Waals surface area contributed by atoms with Crippen LogP contribution in [0, 0.1) is 11.8 Å². The van der Waals surface area contributed by atoms with Crippen molar-refractivity contribution >= 4 is 17.5 Å². The molecule has 2 fully saturated rings. The van der Waals surface area contributed by atoms with Gasteiger partial charge in [0.2, 0.25) is 0 Å². The molecule has 1 saturated heterocycles. The first-order chi connectivity index (χ1) is 16.4. The lowest BCUT2D eigenvalue weighted by Gasteiger charge is -2.35. The number of carbonyl (C=O) groups is 3. The predicted molar refractivity (Wildman–Crippen MR) is 127 cm³/mol. The molecule has 0 aromatic heterocycles. The van der Waals surface area contributed by atoms with Crippen molar-refractivity contribution in [3.05, 3.63) is 107 Å². The van der Waals surface area contributed by atoms with Gasteiger partial charge in [0.15, 0.2) is 17.1 Å². The summed E-state index contributed by atoms with van der Waals surface area (Å²) in [7, 11) is 0. The number of aliphatic carboxylic acids is 1. The van der Waals surface area contributed by atoms with Gasteiger partial charge in [-0.05, 0) is 17.0 Å². The van der Waals surface area contributed by atoms with Gasteiger partial charge in [-0.1, -0.05) is 98.8 Å². The van der Waals surface area contributed by atoms with Gasteiger partial charge in [0.05, 0.1) is 11.3 Å². The standard InChI is InChI=1S/C29H25NO4/c1-17(2)23-27(18-11-5-3-6-12-18)22(26(33)34)28(27,19-13-7-4-8-14-19)29(30-23)24(31)20-15-9-10-16-21(20)25(29)32/h3-17,22-23,30H,1-2H3,(H,33,34)/t22-,23-,27+,28+/m1/s1. The van der Waals surface area contributed by atoms with E-state index in [2.05, 4.69) is 5.32 Å². The number of carboxylic acids is 1. The topological polar surface area (TPSA) is 83.5 Å². The summed E-state index contributed by atoms with van der Waals surface area (Å²) in [5, 5.41) is 14.2. The Bertz CT molecular complexity index is 1310. The zero-order chi connectivity index (χ0) is 23.9. The number of hydrogen-bond acceptors (Lipinski definition) is 4. The summed E-state index contributed by atoms with van der Waals surface area (Å²) in [6, 6.07) is 25.3. The lowest BCUT2D eigenvalue weighted by Crippen LogP contribution is -2.63. The van der Waals surface area contributed by atoms with Crippen LogP contribution in [0.25, 0.3) is 0 Å². The van der Waals surface area contributed by atoms with Gasteiger partial charge >= 0.3 is 5.97 Å². The van der Waals surface area contributed by atoms with Crippen molar-refractivity contribution in [3.63, 3.8) is 0 Å². The van der Waals surface area contributed by atoms with Crippen LogP contribution in [0.4, 0.5) is 0 Å². The second-order valence-electron chi connectivity index (χ2n) is 10.0. The first-order valence-electron chi connectivity index (χ1n) is 11.7. The molecule has 5 heteroatoms. The number of hydrogen-bond donors (Lipinski definition) is 2. The van der Waals surface area contributed by atoms with Crippen molar-refractivity contribution in [2.75, 3.05) is 0 Å². The summed E-state index contributed by atoms with van der Waals surface area (Å²) >= 11 is 0. The average molecular weight is 452 g/mol. The Kier molecular flexibility index (Phi) is 4.16. The molecule has 0 unspecified atom stereocenters. The quantitative estimate of drug-likeness (QED) is 0.586. The molecule has 1 aliphatic heterocycles. The van der Waals surface area contributed by atoms with Crippen molar-refractivity contribution in [3.8, 4) is 0 Å². The molecule has 0 amide bonds. The van der Waals surface area contributed by atoms with E-state index in [0.29, 0.717) is 16.7 Å². The third-order valence-corrected chi connectivity index (χ3v) is 8.40. The number of ketones is 2. The smallest absolute Gasteiger partial charge is 0.308 e. The van der Waals surface area contributed by atoms with Gasteiger partial charge in [-0.2, -0.15) is 0 Å². The molecule has 170 valence electrons. The molecule has 5 nitrogen and oxygen atoms in total. The molecule has 3 aromatic rings. The lowest BCUT2D eigenvalue weighted by molar-refractivity contribution is -0.140. The van der Waals surface area contributed by atoms with Crippen molar-refractivity contribution in [2.45, 2.75) is 36.3 Å². The Labute approximate surface area is 197 Å². The molecule has 0 radical (unpaired) electrons. The normalized spacial score (nSPS) is 30.4.